The van der Waals surface area contributed by atoms with E-state index < -0.39 is 0 Å². The normalized spacial score (nSPS) is 15.8. The van der Waals surface area contributed by atoms with Gasteiger partial charge in [0.15, 0.2) is 10.6 Å². The molecule has 0 N–H and O–H groups in total. The molecule has 0 spiro atoms. The number of aromatic nitrogens is 4. The van der Waals surface area contributed by atoms with Crippen LogP contribution in [0.15, 0.2) is 54.9 Å². The van der Waals surface area contributed by atoms with Gasteiger partial charge in [-0.1, -0.05) is 30.3 Å². The van der Waals surface area contributed by atoms with E-state index in [0.29, 0.717) is 0 Å². The Balaban J connectivity index is 1.41. The molecule has 1 aliphatic heterocycles. The highest BCUT2D eigenvalue weighted by molar-refractivity contribution is 7.71. The van der Waals surface area contributed by atoms with E-state index in [1.54, 1.807) is 12.4 Å². The van der Waals surface area contributed by atoms with Crippen LogP contribution in [-0.2, 0) is 19.6 Å². The van der Waals surface area contributed by atoms with Crippen LogP contribution < -0.4 is 0 Å². The van der Waals surface area contributed by atoms with Crippen molar-refractivity contribution in [2.75, 3.05) is 13.1 Å². The van der Waals surface area contributed by atoms with Gasteiger partial charge < -0.3 is 4.57 Å². The monoisotopic (exact) mass is 393 g/mol. The van der Waals surface area contributed by atoms with Crippen LogP contribution in [0.2, 0.25) is 0 Å². The van der Waals surface area contributed by atoms with Crippen LogP contribution in [0.5, 0.6) is 0 Å². The van der Waals surface area contributed by atoms with Crippen molar-refractivity contribution in [3.05, 3.63) is 65.2 Å². The lowest BCUT2D eigenvalue weighted by Crippen LogP contribution is -2.36. The lowest BCUT2D eigenvalue weighted by atomic mass is 9.90. The molecule has 3 aromatic rings. The van der Waals surface area contributed by atoms with Crippen molar-refractivity contribution in [3.63, 3.8) is 0 Å². The number of hydrogen-bond acceptors (Lipinski definition) is 4. The highest BCUT2D eigenvalue weighted by Gasteiger charge is 2.21. The molecule has 0 bridgehead atoms. The molecule has 28 heavy (non-hydrogen) atoms. The lowest BCUT2D eigenvalue weighted by molar-refractivity contribution is 0.140. The molecule has 5 nitrogen and oxygen atoms in total. The Morgan fingerprint density at radius 2 is 1.75 bits per heavy atom. The van der Waals surface area contributed by atoms with Gasteiger partial charge in [0.1, 0.15) is 0 Å². The van der Waals surface area contributed by atoms with E-state index in [2.05, 4.69) is 51.7 Å². The van der Waals surface area contributed by atoms with Crippen LogP contribution in [-0.4, -0.2) is 37.3 Å². The maximum Gasteiger partial charge on any atom is 0.199 e. The number of pyridine rings is 1. The van der Waals surface area contributed by atoms with Gasteiger partial charge in [-0.3, -0.25) is 9.88 Å². The highest BCUT2D eigenvalue weighted by Crippen LogP contribution is 2.23. The average Bonchev–Trinajstić information content (AvgIpc) is 3.06. The molecule has 1 aliphatic rings. The zero-order chi connectivity index (χ0) is 19.3. The number of hydrogen-bond donors (Lipinski definition) is 0. The molecule has 1 aromatic carbocycles. The fraction of sp³-hybridized carbons (Fsp3) is 0.409. The summed E-state index contributed by atoms with van der Waals surface area (Å²) >= 11 is 5.71. The quantitative estimate of drug-likeness (QED) is 0.582. The summed E-state index contributed by atoms with van der Waals surface area (Å²) < 4.78 is 4.87. The van der Waals surface area contributed by atoms with Crippen LogP contribution in [0.4, 0.5) is 0 Å². The number of piperidine rings is 1. The minimum atomic E-state index is 0.766. The van der Waals surface area contributed by atoms with Gasteiger partial charge in [-0.05, 0) is 62.0 Å². The first-order valence-corrected chi connectivity index (χ1v) is 10.5. The third kappa shape index (κ3) is 4.23. The molecule has 3 heterocycles. The fourth-order valence-corrected chi connectivity index (χ4v) is 4.32. The third-order valence-electron chi connectivity index (χ3n) is 5.59. The first-order valence-electron chi connectivity index (χ1n) is 10.1. The number of rotatable bonds is 6. The van der Waals surface area contributed by atoms with Crippen molar-refractivity contribution in [1.82, 2.24) is 24.2 Å². The summed E-state index contributed by atoms with van der Waals surface area (Å²) in [6, 6.07) is 14.8. The van der Waals surface area contributed by atoms with Gasteiger partial charge in [0, 0.05) is 37.6 Å². The van der Waals surface area contributed by atoms with Gasteiger partial charge >= 0.3 is 0 Å². The maximum atomic E-state index is 5.71. The minimum absolute atomic E-state index is 0.766. The van der Waals surface area contributed by atoms with E-state index in [1.807, 2.05) is 16.8 Å². The van der Waals surface area contributed by atoms with E-state index in [4.69, 9.17) is 17.3 Å². The molecule has 1 saturated heterocycles. The van der Waals surface area contributed by atoms with E-state index in [-0.39, 0.29) is 0 Å². The topological polar surface area (TPSA) is 38.9 Å². The van der Waals surface area contributed by atoms with Crippen LogP contribution in [0.1, 0.15) is 25.3 Å². The van der Waals surface area contributed by atoms with Crippen LogP contribution in [0.25, 0.3) is 11.4 Å². The number of likely N-dealkylation sites (tertiary alicyclic amines) is 1. The summed E-state index contributed by atoms with van der Waals surface area (Å²) in [4.78, 5) is 6.58. The van der Waals surface area contributed by atoms with Gasteiger partial charge in [0.25, 0.3) is 0 Å². The van der Waals surface area contributed by atoms with Crippen molar-refractivity contribution >= 4 is 12.2 Å². The Kier molecular flexibility index (Phi) is 5.98. The second-order valence-electron chi connectivity index (χ2n) is 7.48. The van der Waals surface area contributed by atoms with Gasteiger partial charge in [0.05, 0.1) is 6.67 Å². The number of benzene rings is 1. The molecular weight excluding hydrogens is 366 g/mol. The highest BCUT2D eigenvalue weighted by atomic mass is 32.1. The first-order chi connectivity index (χ1) is 13.7. The summed E-state index contributed by atoms with van der Waals surface area (Å²) in [5.41, 5.74) is 2.51. The van der Waals surface area contributed by atoms with Crippen molar-refractivity contribution in [2.45, 2.75) is 39.4 Å². The number of nitrogens with zero attached hydrogens (tertiary/aromatic N) is 5. The Morgan fingerprint density at radius 3 is 2.43 bits per heavy atom. The van der Waals surface area contributed by atoms with Gasteiger partial charge in [-0.15, -0.1) is 0 Å². The Morgan fingerprint density at radius 1 is 1.04 bits per heavy atom. The molecule has 0 atom stereocenters. The second kappa shape index (κ2) is 8.80. The molecule has 146 valence electrons. The van der Waals surface area contributed by atoms with Gasteiger partial charge in [-0.2, -0.15) is 5.10 Å². The summed E-state index contributed by atoms with van der Waals surface area (Å²) in [7, 11) is 0. The summed E-state index contributed by atoms with van der Waals surface area (Å²) in [5.74, 6) is 1.70. The van der Waals surface area contributed by atoms with Crippen molar-refractivity contribution < 1.29 is 0 Å². The summed E-state index contributed by atoms with van der Waals surface area (Å²) in [5, 5.41) is 4.84. The molecule has 0 amide bonds. The van der Waals surface area contributed by atoms with Crippen molar-refractivity contribution in [3.8, 4) is 11.4 Å². The van der Waals surface area contributed by atoms with E-state index in [9.17, 15) is 0 Å². The van der Waals surface area contributed by atoms with E-state index >= 15 is 0 Å². The molecule has 1 fully saturated rings. The predicted octanol–water partition coefficient (Wildman–Crippen LogP) is 4.41. The molecular formula is C22H27N5S. The summed E-state index contributed by atoms with van der Waals surface area (Å²) in [6.07, 6.45) is 7.25. The molecule has 2 aromatic heterocycles. The fourth-order valence-electron chi connectivity index (χ4n) is 4.00. The Hall–Kier alpha value is -2.31. The summed E-state index contributed by atoms with van der Waals surface area (Å²) in [6.45, 7) is 5.89. The first kappa shape index (κ1) is 19.0. The zero-order valence-corrected chi connectivity index (χ0v) is 17.2. The molecule has 4 rings (SSSR count). The van der Waals surface area contributed by atoms with Gasteiger partial charge in [0.2, 0.25) is 0 Å². The predicted molar refractivity (Wildman–Crippen MR) is 114 cm³/mol. The van der Waals surface area contributed by atoms with Crippen LogP contribution in [0, 0.1) is 10.7 Å². The van der Waals surface area contributed by atoms with Crippen LogP contribution in [0.3, 0.4) is 0 Å². The standard InChI is InChI=1S/C22H27N5S/c1-2-26-21(20-8-12-23-13-9-20)24-27(22(26)28)17-25-14-10-19(11-15-25)16-18-6-4-3-5-7-18/h3-9,12-13,19H,2,10-11,14-17H2,1H3. The zero-order valence-electron chi connectivity index (χ0n) is 16.4. The minimum Gasteiger partial charge on any atom is -0.300 e. The molecule has 0 aliphatic carbocycles. The maximum absolute atomic E-state index is 5.71. The Labute approximate surface area is 171 Å². The Bertz CT molecular complexity index is 940. The molecule has 6 heteroatoms. The van der Waals surface area contributed by atoms with Gasteiger partial charge in [-0.25, -0.2) is 4.68 Å². The smallest absolute Gasteiger partial charge is 0.199 e. The lowest BCUT2D eigenvalue weighted by Gasteiger charge is -2.31. The molecule has 0 saturated carbocycles. The van der Waals surface area contributed by atoms with Crippen molar-refractivity contribution in [2.24, 2.45) is 5.92 Å². The van der Waals surface area contributed by atoms with E-state index in [1.165, 1.54) is 24.8 Å². The van der Waals surface area contributed by atoms with Crippen molar-refractivity contribution in [1.29, 1.82) is 0 Å². The molecule has 0 unspecified atom stereocenters. The molecule has 0 radical (unpaired) electrons. The third-order valence-corrected chi connectivity index (χ3v) is 6.02. The SMILES string of the molecule is CCn1c(-c2ccncc2)nn(CN2CCC(Cc3ccccc3)CC2)c1=S. The second-order valence-corrected chi connectivity index (χ2v) is 7.84. The van der Waals surface area contributed by atoms with Crippen LogP contribution >= 0.6 is 12.2 Å². The average molecular weight is 394 g/mol. The largest absolute Gasteiger partial charge is 0.300 e. The van der Waals surface area contributed by atoms with E-state index in [0.717, 1.165) is 48.4 Å².